The zero-order chi connectivity index (χ0) is 18.4. The molecule has 6 nitrogen and oxygen atoms in total. The molecular formula is C20H29N3O3. The molecule has 2 fully saturated rings. The molecule has 26 heavy (non-hydrogen) atoms. The first-order chi connectivity index (χ1) is 12.6. The molecule has 0 atom stereocenters. The maximum Gasteiger partial charge on any atom is 0.306 e. The second kappa shape index (κ2) is 9.03. The fraction of sp³-hybridized carbons (Fsp3) is 0.600. The first kappa shape index (κ1) is 18.7. The lowest BCUT2D eigenvalue weighted by Crippen LogP contribution is -2.38. The second-order valence-electron chi connectivity index (χ2n) is 7.52. The smallest absolute Gasteiger partial charge is 0.306 e. The number of carbonyl (C=O) groups excluding carboxylic acids is 1. The van der Waals surface area contributed by atoms with Gasteiger partial charge in [-0.2, -0.15) is 0 Å². The third-order valence-corrected chi connectivity index (χ3v) is 5.59. The van der Waals surface area contributed by atoms with Crippen LogP contribution >= 0.6 is 0 Å². The van der Waals surface area contributed by atoms with Crippen LogP contribution in [0.4, 0.5) is 5.69 Å². The molecular weight excluding hydrogens is 330 g/mol. The monoisotopic (exact) mass is 359 g/mol. The Bertz CT molecular complexity index is 620. The van der Waals surface area contributed by atoms with Gasteiger partial charge in [0, 0.05) is 23.8 Å². The Balaban J connectivity index is 1.49. The van der Waals surface area contributed by atoms with Crippen molar-refractivity contribution in [3.05, 3.63) is 29.8 Å². The Hall–Kier alpha value is -2.08. The standard InChI is InChI=1S/C20H29N3O3/c24-19(23-17-6-4-15(5-7-17)20(25)26)16-2-1-3-18(12-16)22-13-14-8-10-21-11-9-14/h1-3,12,14-15,17,21-22H,4-11,13H2,(H,23,24)(H,25,26). The average Bonchev–Trinajstić information content (AvgIpc) is 2.68. The van der Waals surface area contributed by atoms with E-state index in [-0.39, 0.29) is 17.9 Å². The van der Waals surface area contributed by atoms with Crippen molar-refractivity contribution in [2.24, 2.45) is 11.8 Å². The van der Waals surface area contributed by atoms with E-state index in [9.17, 15) is 9.59 Å². The molecule has 1 aliphatic heterocycles. The van der Waals surface area contributed by atoms with Gasteiger partial charge >= 0.3 is 5.97 Å². The highest BCUT2D eigenvalue weighted by Crippen LogP contribution is 2.25. The van der Waals surface area contributed by atoms with E-state index in [2.05, 4.69) is 16.0 Å². The van der Waals surface area contributed by atoms with Crippen LogP contribution in [0.5, 0.6) is 0 Å². The largest absolute Gasteiger partial charge is 0.481 e. The molecule has 0 aromatic heterocycles. The van der Waals surface area contributed by atoms with E-state index in [1.165, 1.54) is 12.8 Å². The number of nitrogens with one attached hydrogen (secondary N) is 3. The number of benzene rings is 1. The molecule has 0 unspecified atom stereocenters. The predicted octanol–water partition coefficient (Wildman–Crippen LogP) is 2.47. The zero-order valence-electron chi connectivity index (χ0n) is 15.2. The van der Waals surface area contributed by atoms with E-state index in [0.29, 0.717) is 24.3 Å². The lowest BCUT2D eigenvalue weighted by molar-refractivity contribution is -0.142. The summed E-state index contributed by atoms with van der Waals surface area (Å²) in [6.07, 6.45) is 5.11. The summed E-state index contributed by atoms with van der Waals surface area (Å²) < 4.78 is 0. The molecule has 0 spiro atoms. The minimum Gasteiger partial charge on any atom is -0.481 e. The van der Waals surface area contributed by atoms with Crippen LogP contribution in [-0.4, -0.2) is 42.7 Å². The van der Waals surface area contributed by atoms with E-state index in [4.69, 9.17) is 5.11 Å². The van der Waals surface area contributed by atoms with Crippen molar-refractivity contribution in [2.75, 3.05) is 25.0 Å². The number of carbonyl (C=O) groups is 2. The molecule has 1 aromatic carbocycles. The van der Waals surface area contributed by atoms with Crippen molar-refractivity contribution in [1.29, 1.82) is 0 Å². The van der Waals surface area contributed by atoms with Crippen molar-refractivity contribution >= 4 is 17.6 Å². The minimum atomic E-state index is -0.720. The number of rotatable bonds is 6. The van der Waals surface area contributed by atoms with Gasteiger partial charge in [-0.15, -0.1) is 0 Å². The lowest BCUT2D eigenvalue weighted by atomic mass is 9.86. The highest BCUT2D eigenvalue weighted by molar-refractivity contribution is 5.95. The normalized spacial score (nSPS) is 24.0. The summed E-state index contributed by atoms with van der Waals surface area (Å²) in [5.41, 5.74) is 1.63. The molecule has 0 radical (unpaired) electrons. The van der Waals surface area contributed by atoms with Crippen LogP contribution in [-0.2, 0) is 4.79 Å². The van der Waals surface area contributed by atoms with Crippen molar-refractivity contribution in [3.8, 4) is 0 Å². The zero-order valence-corrected chi connectivity index (χ0v) is 15.2. The summed E-state index contributed by atoms with van der Waals surface area (Å²) in [7, 11) is 0. The molecule has 1 saturated carbocycles. The van der Waals surface area contributed by atoms with Gasteiger partial charge in [-0.05, 0) is 75.7 Å². The molecule has 2 aliphatic rings. The van der Waals surface area contributed by atoms with Crippen LogP contribution < -0.4 is 16.0 Å². The van der Waals surface area contributed by atoms with Crippen molar-refractivity contribution in [1.82, 2.24) is 10.6 Å². The van der Waals surface area contributed by atoms with Gasteiger partial charge in [0.15, 0.2) is 0 Å². The predicted molar refractivity (Wildman–Crippen MR) is 101 cm³/mol. The molecule has 1 aromatic rings. The maximum atomic E-state index is 12.5. The van der Waals surface area contributed by atoms with E-state index < -0.39 is 5.97 Å². The Morgan fingerprint density at radius 2 is 1.81 bits per heavy atom. The third kappa shape index (κ3) is 5.21. The maximum absolute atomic E-state index is 12.5. The van der Waals surface area contributed by atoms with E-state index >= 15 is 0 Å². The SMILES string of the molecule is O=C(NC1CCC(C(=O)O)CC1)c1cccc(NCC2CCNCC2)c1. The number of carboxylic acid groups (broad SMARTS) is 1. The van der Waals surface area contributed by atoms with Gasteiger partial charge in [0.05, 0.1) is 5.92 Å². The number of piperidine rings is 1. The molecule has 1 heterocycles. The topological polar surface area (TPSA) is 90.5 Å². The molecule has 1 amide bonds. The molecule has 0 bridgehead atoms. The van der Waals surface area contributed by atoms with Crippen molar-refractivity contribution in [2.45, 2.75) is 44.6 Å². The Morgan fingerprint density at radius 3 is 2.50 bits per heavy atom. The van der Waals surface area contributed by atoms with Gasteiger partial charge in [0.1, 0.15) is 0 Å². The molecule has 3 rings (SSSR count). The first-order valence-electron chi connectivity index (χ1n) is 9.70. The summed E-state index contributed by atoms with van der Waals surface area (Å²) in [6.45, 7) is 3.10. The highest BCUT2D eigenvalue weighted by Gasteiger charge is 2.26. The number of hydrogen-bond donors (Lipinski definition) is 4. The minimum absolute atomic E-state index is 0.0736. The Labute approximate surface area is 154 Å². The summed E-state index contributed by atoms with van der Waals surface area (Å²) in [6, 6.07) is 7.70. The van der Waals surface area contributed by atoms with Crippen LogP contribution in [0.1, 0.15) is 48.9 Å². The van der Waals surface area contributed by atoms with Crippen LogP contribution in [0.3, 0.4) is 0 Å². The lowest BCUT2D eigenvalue weighted by Gasteiger charge is -2.27. The summed E-state index contributed by atoms with van der Waals surface area (Å²) in [5, 5.41) is 19.0. The number of amides is 1. The number of anilines is 1. The van der Waals surface area contributed by atoms with Gasteiger partial charge < -0.3 is 21.1 Å². The fourth-order valence-electron chi connectivity index (χ4n) is 3.87. The summed E-state index contributed by atoms with van der Waals surface area (Å²) in [4.78, 5) is 23.5. The van der Waals surface area contributed by atoms with Crippen LogP contribution in [0.2, 0.25) is 0 Å². The van der Waals surface area contributed by atoms with Gasteiger partial charge in [-0.1, -0.05) is 6.07 Å². The molecule has 1 saturated heterocycles. The number of hydrogen-bond acceptors (Lipinski definition) is 4. The Kier molecular flexibility index (Phi) is 6.50. The van der Waals surface area contributed by atoms with Crippen molar-refractivity contribution < 1.29 is 14.7 Å². The summed E-state index contributed by atoms with van der Waals surface area (Å²) in [5.74, 6) is -0.375. The van der Waals surface area contributed by atoms with Crippen LogP contribution in [0.25, 0.3) is 0 Å². The quantitative estimate of drug-likeness (QED) is 0.626. The van der Waals surface area contributed by atoms with E-state index in [1.807, 2.05) is 24.3 Å². The fourth-order valence-corrected chi connectivity index (χ4v) is 3.87. The van der Waals surface area contributed by atoms with Crippen LogP contribution in [0, 0.1) is 11.8 Å². The number of carboxylic acids is 1. The van der Waals surface area contributed by atoms with E-state index in [0.717, 1.165) is 38.2 Å². The molecule has 142 valence electrons. The van der Waals surface area contributed by atoms with Crippen molar-refractivity contribution in [3.63, 3.8) is 0 Å². The van der Waals surface area contributed by atoms with E-state index in [1.54, 1.807) is 0 Å². The third-order valence-electron chi connectivity index (χ3n) is 5.59. The van der Waals surface area contributed by atoms with Gasteiger partial charge in [-0.3, -0.25) is 9.59 Å². The molecule has 6 heteroatoms. The second-order valence-corrected chi connectivity index (χ2v) is 7.52. The average molecular weight is 359 g/mol. The number of aliphatic carboxylic acids is 1. The molecule has 4 N–H and O–H groups in total. The van der Waals surface area contributed by atoms with Gasteiger partial charge in [0.2, 0.25) is 0 Å². The van der Waals surface area contributed by atoms with Gasteiger partial charge in [-0.25, -0.2) is 0 Å². The van der Waals surface area contributed by atoms with Crippen LogP contribution in [0.15, 0.2) is 24.3 Å². The van der Waals surface area contributed by atoms with Gasteiger partial charge in [0.25, 0.3) is 5.91 Å². The summed E-state index contributed by atoms with van der Waals surface area (Å²) >= 11 is 0. The molecule has 1 aliphatic carbocycles. The highest BCUT2D eigenvalue weighted by atomic mass is 16.4. The first-order valence-corrected chi connectivity index (χ1v) is 9.70. The Morgan fingerprint density at radius 1 is 1.08 bits per heavy atom.